The summed E-state index contributed by atoms with van der Waals surface area (Å²) in [7, 11) is 0. The zero-order chi connectivity index (χ0) is 13.3. The lowest BCUT2D eigenvalue weighted by Crippen LogP contribution is -2.18. The summed E-state index contributed by atoms with van der Waals surface area (Å²) in [6.07, 6.45) is -1.01. The Morgan fingerprint density at radius 3 is 2.33 bits per heavy atom. The van der Waals surface area contributed by atoms with Crippen LogP contribution in [-0.2, 0) is 6.18 Å². The second-order valence-electron chi connectivity index (χ2n) is 4.64. The minimum Gasteiger partial charge on any atom is -0.206 e. The van der Waals surface area contributed by atoms with E-state index in [2.05, 4.69) is 0 Å². The molecule has 0 N–H and O–H groups in total. The summed E-state index contributed by atoms with van der Waals surface area (Å²) < 4.78 is 50.8. The highest BCUT2D eigenvalue weighted by atomic mass is 35.5. The average molecular weight is 281 g/mol. The van der Waals surface area contributed by atoms with Gasteiger partial charge in [-0.25, -0.2) is 4.39 Å². The fraction of sp³-hybridized carbons (Fsp3) is 0.538. The molecule has 1 aliphatic rings. The van der Waals surface area contributed by atoms with Gasteiger partial charge in [-0.3, -0.25) is 0 Å². The highest BCUT2D eigenvalue weighted by molar-refractivity contribution is 6.21. The van der Waals surface area contributed by atoms with Gasteiger partial charge in [0, 0.05) is 11.3 Å². The Morgan fingerprint density at radius 2 is 1.78 bits per heavy atom. The fourth-order valence-electron chi connectivity index (χ4n) is 2.45. The van der Waals surface area contributed by atoms with Crippen LogP contribution in [0.1, 0.15) is 42.7 Å². The first kappa shape index (κ1) is 13.7. The van der Waals surface area contributed by atoms with Crippen molar-refractivity contribution in [1.82, 2.24) is 0 Å². The van der Waals surface area contributed by atoms with E-state index in [0.717, 1.165) is 37.8 Å². The highest BCUT2D eigenvalue weighted by Crippen LogP contribution is 2.38. The van der Waals surface area contributed by atoms with Crippen molar-refractivity contribution >= 4 is 11.6 Å². The van der Waals surface area contributed by atoms with Gasteiger partial charge in [-0.15, -0.1) is 11.6 Å². The number of alkyl halides is 4. The molecule has 18 heavy (non-hydrogen) atoms. The smallest absolute Gasteiger partial charge is 0.206 e. The molecule has 2 unspecified atom stereocenters. The lowest BCUT2D eigenvalue weighted by atomic mass is 9.83. The molecule has 1 aromatic rings. The van der Waals surface area contributed by atoms with E-state index in [1.165, 1.54) is 6.07 Å². The van der Waals surface area contributed by atoms with E-state index >= 15 is 0 Å². The third-order valence-corrected chi connectivity index (χ3v) is 3.93. The van der Waals surface area contributed by atoms with Gasteiger partial charge in [-0.2, -0.15) is 13.2 Å². The van der Waals surface area contributed by atoms with Gasteiger partial charge >= 0.3 is 6.18 Å². The van der Waals surface area contributed by atoms with Gasteiger partial charge in [0.05, 0.1) is 5.56 Å². The SMILES string of the molecule is Fc1cc(C2CCCCC2Cl)ccc1C(F)(F)F. The summed E-state index contributed by atoms with van der Waals surface area (Å²) in [6.45, 7) is 0. The van der Waals surface area contributed by atoms with Crippen LogP contribution < -0.4 is 0 Å². The molecule has 0 aliphatic heterocycles. The van der Waals surface area contributed by atoms with Crippen molar-refractivity contribution in [3.63, 3.8) is 0 Å². The van der Waals surface area contributed by atoms with Crippen molar-refractivity contribution in [2.45, 2.75) is 43.2 Å². The van der Waals surface area contributed by atoms with Gasteiger partial charge in [0.25, 0.3) is 0 Å². The third kappa shape index (κ3) is 2.79. The number of benzene rings is 1. The van der Waals surface area contributed by atoms with Crippen LogP contribution in [0.2, 0.25) is 0 Å². The zero-order valence-corrected chi connectivity index (χ0v) is 10.4. The summed E-state index contributed by atoms with van der Waals surface area (Å²) >= 11 is 6.15. The van der Waals surface area contributed by atoms with Gasteiger partial charge in [0.15, 0.2) is 0 Å². The third-order valence-electron chi connectivity index (χ3n) is 3.41. The summed E-state index contributed by atoms with van der Waals surface area (Å²) in [5.41, 5.74) is -0.645. The lowest BCUT2D eigenvalue weighted by molar-refractivity contribution is -0.140. The van der Waals surface area contributed by atoms with Crippen LogP contribution in [0.15, 0.2) is 18.2 Å². The van der Waals surface area contributed by atoms with Gasteiger partial charge < -0.3 is 0 Å². The Morgan fingerprint density at radius 1 is 1.11 bits per heavy atom. The maximum absolute atomic E-state index is 13.5. The second-order valence-corrected chi connectivity index (χ2v) is 5.20. The first-order valence-electron chi connectivity index (χ1n) is 5.90. The van der Waals surface area contributed by atoms with E-state index in [4.69, 9.17) is 11.6 Å². The van der Waals surface area contributed by atoms with Crippen LogP contribution in [0.25, 0.3) is 0 Å². The largest absolute Gasteiger partial charge is 0.419 e. The predicted octanol–water partition coefficient (Wildman–Crippen LogP) is 5.11. The van der Waals surface area contributed by atoms with E-state index in [1.54, 1.807) is 0 Å². The summed E-state index contributed by atoms with van der Waals surface area (Å²) in [4.78, 5) is 0. The molecule has 100 valence electrons. The maximum atomic E-state index is 13.5. The number of hydrogen-bond acceptors (Lipinski definition) is 0. The molecule has 0 saturated heterocycles. The molecule has 1 aromatic carbocycles. The van der Waals surface area contributed by atoms with Crippen LogP contribution in [0.4, 0.5) is 17.6 Å². The quantitative estimate of drug-likeness (QED) is 0.495. The molecule has 1 aliphatic carbocycles. The molecule has 0 amide bonds. The monoisotopic (exact) mass is 280 g/mol. The fourth-order valence-corrected chi connectivity index (χ4v) is 2.88. The van der Waals surface area contributed by atoms with Crippen LogP contribution >= 0.6 is 11.6 Å². The molecule has 0 heterocycles. The predicted molar refractivity (Wildman–Crippen MR) is 62.3 cm³/mol. The molecular formula is C13H13ClF4. The molecule has 0 nitrogen and oxygen atoms in total. The highest BCUT2D eigenvalue weighted by Gasteiger charge is 2.35. The molecule has 0 bridgehead atoms. The zero-order valence-electron chi connectivity index (χ0n) is 9.61. The van der Waals surface area contributed by atoms with E-state index in [9.17, 15) is 17.6 Å². The van der Waals surface area contributed by atoms with Crippen LogP contribution in [0.5, 0.6) is 0 Å². The van der Waals surface area contributed by atoms with Gasteiger partial charge in [0.2, 0.25) is 0 Å². The summed E-state index contributed by atoms with van der Waals surface area (Å²) in [6, 6.07) is 3.13. The van der Waals surface area contributed by atoms with Crippen molar-refractivity contribution in [3.8, 4) is 0 Å². The Hall–Kier alpha value is -0.770. The molecule has 5 heteroatoms. The average Bonchev–Trinajstić information content (AvgIpc) is 2.27. The van der Waals surface area contributed by atoms with Crippen molar-refractivity contribution < 1.29 is 17.6 Å². The minimum absolute atomic E-state index is 0.0443. The van der Waals surface area contributed by atoms with Crippen LogP contribution in [-0.4, -0.2) is 5.38 Å². The topological polar surface area (TPSA) is 0 Å². The van der Waals surface area contributed by atoms with Crippen molar-refractivity contribution in [2.24, 2.45) is 0 Å². The number of hydrogen-bond donors (Lipinski definition) is 0. The summed E-state index contributed by atoms with van der Waals surface area (Å²) in [5.74, 6) is -1.26. The normalized spacial score (nSPS) is 25.2. The number of rotatable bonds is 1. The molecular weight excluding hydrogens is 268 g/mol. The van der Waals surface area contributed by atoms with Crippen molar-refractivity contribution in [1.29, 1.82) is 0 Å². The van der Waals surface area contributed by atoms with E-state index in [1.807, 2.05) is 0 Å². The molecule has 0 aromatic heterocycles. The van der Waals surface area contributed by atoms with E-state index < -0.39 is 17.6 Å². The lowest BCUT2D eigenvalue weighted by Gasteiger charge is -2.27. The van der Waals surface area contributed by atoms with E-state index in [0.29, 0.717) is 5.56 Å². The molecule has 2 atom stereocenters. The van der Waals surface area contributed by atoms with Gasteiger partial charge in [-0.1, -0.05) is 18.9 Å². The summed E-state index contributed by atoms with van der Waals surface area (Å²) in [5, 5.41) is -0.116. The molecule has 1 fully saturated rings. The molecule has 1 saturated carbocycles. The molecule has 0 spiro atoms. The maximum Gasteiger partial charge on any atom is 0.419 e. The minimum atomic E-state index is -4.64. The van der Waals surface area contributed by atoms with Gasteiger partial charge in [0.1, 0.15) is 5.82 Å². The van der Waals surface area contributed by atoms with Crippen LogP contribution in [0.3, 0.4) is 0 Å². The van der Waals surface area contributed by atoms with Crippen molar-refractivity contribution in [3.05, 3.63) is 35.1 Å². The second kappa shape index (κ2) is 5.08. The Bertz CT molecular complexity index is 427. The molecule has 0 radical (unpaired) electrons. The van der Waals surface area contributed by atoms with Crippen molar-refractivity contribution in [2.75, 3.05) is 0 Å². The van der Waals surface area contributed by atoms with Gasteiger partial charge in [-0.05, 0) is 30.5 Å². The Balaban J connectivity index is 2.28. The molecule has 2 rings (SSSR count). The Kier molecular flexibility index (Phi) is 3.85. The number of halogens is 5. The van der Waals surface area contributed by atoms with E-state index in [-0.39, 0.29) is 11.3 Å². The standard InChI is InChI=1S/C13H13ClF4/c14-11-4-2-1-3-9(11)8-5-6-10(12(15)7-8)13(16,17)18/h5-7,9,11H,1-4H2. The van der Waals surface area contributed by atoms with Crippen LogP contribution in [0, 0.1) is 5.82 Å². The first-order chi connectivity index (χ1) is 8.39. The Labute approximate surface area is 108 Å². The first-order valence-corrected chi connectivity index (χ1v) is 6.34.